The van der Waals surface area contributed by atoms with Crippen LogP contribution in [0.1, 0.15) is 53.9 Å². The van der Waals surface area contributed by atoms with Crippen LogP contribution in [0.5, 0.6) is 0 Å². The van der Waals surface area contributed by atoms with Gasteiger partial charge in [0, 0.05) is 31.5 Å². The van der Waals surface area contributed by atoms with Gasteiger partial charge in [0.1, 0.15) is 5.66 Å². The second-order valence-corrected chi connectivity index (χ2v) is 10.9. The van der Waals surface area contributed by atoms with Crippen molar-refractivity contribution in [2.75, 3.05) is 14.2 Å². The highest BCUT2D eigenvalue weighted by atomic mass is 31.2. The minimum Gasteiger partial charge on any atom is -0.311 e. The topological polar surface area (TPSA) is 52.6 Å². The summed E-state index contributed by atoms with van der Waals surface area (Å²) >= 11 is 0. The molecule has 5 heteroatoms. The van der Waals surface area contributed by atoms with Crippen LogP contribution in [0.2, 0.25) is 0 Å². The molecule has 28 heavy (non-hydrogen) atoms. The first kappa shape index (κ1) is 18.3. The van der Waals surface area contributed by atoms with Gasteiger partial charge in [-0.3, -0.25) is 9.36 Å². The smallest absolute Gasteiger partial charge is 0.311 e. The molecule has 3 atom stereocenters. The predicted octanol–water partition coefficient (Wildman–Crippen LogP) is 5.12. The average molecular weight is 396 g/mol. The molecule has 0 radical (unpaired) electrons. The molecule has 0 saturated heterocycles. The lowest BCUT2D eigenvalue weighted by molar-refractivity contribution is -0.127. The summed E-state index contributed by atoms with van der Waals surface area (Å²) in [6.07, 6.45) is 1.50. The highest BCUT2D eigenvalue weighted by Gasteiger charge is 2.65. The Bertz CT molecular complexity index is 960. The Morgan fingerprint density at radius 2 is 1.39 bits per heavy atom. The van der Waals surface area contributed by atoms with Crippen LogP contribution in [0.15, 0.2) is 48.5 Å². The monoisotopic (exact) mass is 396 g/mol. The van der Waals surface area contributed by atoms with E-state index in [1.54, 1.807) is 0 Å². The first-order chi connectivity index (χ1) is 13.5. The molecule has 1 spiro atoms. The van der Waals surface area contributed by atoms with Crippen LogP contribution in [0.3, 0.4) is 0 Å². The van der Waals surface area contributed by atoms with E-state index in [0.717, 1.165) is 12.8 Å². The van der Waals surface area contributed by atoms with E-state index in [4.69, 9.17) is 9.05 Å². The van der Waals surface area contributed by atoms with Crippen LogP contribution in [0, 0.1) is 11.3 Å². The van der Waals surface area contributed by atoms with E-state index < -0.39 is 18.7 Å². The maximum Gasteiger partial charge on any atom is 0.340 e. The standard InChI is InChI=1S/C23H25O4P/c1-14-12-23(22(24)21(14)28(25,26-2)27-3)13-19-15-8-4-6-10-17(15)20(23)18-11-7-5-9-16(18)19/h4-11,14,19-21H,12-13H2,1-3H3. The van der Waals surface area contributed by atoms with Gasteiger partial charge in [-0.25, -0.2) is 0 Å². The normalized spacial score (nSPS) is 33.2. The molecule has 1 saturated carbocycles. The first-order valence-electron chi connectivity index (χ1n) is 9.90. The highest BCUT2D eigenvalue weighted by molar-refractivity contribution is 7.55. The first-order valence-corrected chi connectivity index (χ1v) is 11.5. The molecular formula is C23H25O4P. The number of rotatable bonds is 3. The molecule has 2 aromatic carbocycles. The van der Waals surface area contributed by atoms with Gasteiger partial charge in [0.25, 0.3) is 0 Å². The number of hydrogen-bond acceptors (Lipinski definition) is 4. The van der Waals surface area contributed by atoms with Crippen molar-refractivity contribution in [3.05, 3.63) is 70.8 Å². The second-order valence-electron chi connectivity index (χ2n) is 8.50. The number of hydrogen-bond donors (Lipinski definition) is 0. The fourth-order valence-corrected chi connectivity index (χ4v) is 8.23. The molecule has 4 aliphatic carbocycles. The van der Waals surface area contributed by atoms with Gasteiger partial charge < -0.3 is 9.05 Å². The molecule has 0 N–H and O–H groups in total. The van der Waals surface area contributed by atoms with Gasteiger partial charge >= 0.3 is 7.60 Å². The van der Waals surface area contributed by atoms with Crippen molar-refractivity contribution < 1.29 is 18.4 Å². The Kier molecular flexibility index (Phi) is 4.00. The lowest BCUT2D eigenvalue weighted by atomic mass is 9.51. The molecule has 146 valence electrons. The van der Waals surface area contributed by atoms with Crippen molar-refractivity contribution >= 4 is 13.4 Å². The van der Waals surface area contributed by atoms with E-state index in [9.17, 15) is 9.36 Å². The zero-order chi connectivity index (χ0) is 19.7. The lowest BCUT2D eigenvalue weighted by Crippen LogP contribution is -2.45. The minimum absolute atomic E-state index is 0.00649. The van der Waals surface area contributed by atoms with Crippen molar-refractivity contribution in [3.63, 3.8) is 0 Å². The van der Waals surface area contributed by atoms with Crippen molar-refractivity contribution in [2.24, 2.45) is 11.3 Å². The molecule has 4 aliphatic rings. The number of Topliss-reactive ketones (excluding diaryl/α,β-unsaturated/α-hetero) is 1. The molecule has 0 heterocycles. The maximum atomic E-state index is 13.9. The molecule has 0 aliphatic heterocycles. The van der Waals surface area contributed by atoms with Crippen LogP contribution in [0.25, 0.3) is 0 Å². The fraction of sp³-hybridized carbons (Fsp3) is 0.435. The Morgan fingerprint density at radius 3 is 1.89 bits per heavy atom. The van der Waals surface area contributed by atoms with Crippen molar-refractivity contribution in [1.29, 1.82) is 0 Å². The molecular weight excluding hydrogens is 371 g/mol. The van der Waals surface area contributed by atoms with Gasteiger partial charge in [0.2, 0.25) is 0 Å². The van der Waals surface area contributed by atoms with Gasteiger partial charge in [-0.1, -0.05) is 55.5 Å². The van der Waals surface area contributed by atoms with E-state index in [2.05, 4.69) is 48.5 Å². The molecule has 2 bridgehead atoms. The van der Waals surface area contributed by atoms with Gasteiger partial charge in [0.05, 0.1) is 0 Å². The lowest BCUT2D eigenvalue weighted by Gasteiger charge is -2.51. The molecule has 0 aromatic heterocycles. The van der Waals surface area contributed by atoms with Gasteiger partial charge in [-0.2, -0.15) is 0 Å². The van der Waals surface area contributed by atoms with Crippen LogP contribution in [-0.2, 0) is 18.4 Å². The summed E-state index contributed by atoms with van der Waals surface area (Å²) in [5.41, 5.74) is 3.95. The zero-order valence-electron chi connectivity index (χ0n) is 16.4. The zero-order valence-corrected chi connectivity index (χ0v) is 17.3. The molecule has 2 aromatic rings. The van der Waals surface area contributed by atoms with Crippen LogP contribution >= 0.6 is 7.60 Å². The van der Waals surface area contributed by atoms with E-state index in [-0.39, 0.29) is 23.5 Å². The van der Waals surface area contributed by atoms with Gasteiger partial charge in [0.15, 0.2) is 5.78 Å². The summed E-state index contributed by atoms with van der Waals surface area (Å²) in [5, 5.41) is 0. The quantitative estimate of drug-likeness (QED) is 0.676. The largest absolute Gasteiger partial charge is 0.340 e. The SMILES string of the molecule is COP(=O)(OC)C1C(=O)C2(CC3c4ccccc4C2c2ccccc23)CC1C. The van der Waals surface area contributed by atoms with Gasteiger partial charge in [-0.15, -0.1) is 0 Å². The molecule has 0 amide bonds. The summed E-state index contributed by atoms with van der Waals surface area (Å²) in [6.45, 7) is 2.02. The van der Waals surface area contributed by atoms with Gasteiger partial charge in [-0.05, 0) is 41.0 Å². The maximum absolute atomic E-state index is 13.9. The number of ketones is 1. The Balaban J connectivity index is 1.71. The molecule has 1 fully saturated rings. The number of benzene rings is 2. The summed E-state index contributed by atoms with van der Waals surface area (Å²) in [7, 11) is -0.711. The average Bonchev–Trinajstić information content (AvgIpc) is 2.97. The second kappa shape index (κ2) is 6.13. The summed E-state index contributed by atoms with van der Waals surface area (Å²) in [5.74, 6) is 0.228. The Labute approximate surface area is 165 Å². The Morgan fingerprint density at radius 1 is 0.893 bits per heavy atom. The third-order valence-corrected chi connectivity index (χ3v) is 9.76. The number of carbonyl (C=O) groups is 1. The highest BCUT2D eigenvalue weighted by Crippen LogP contribution is 2.70. The number of carbonyl (C=O) groups excluding carboxylic acids is 1. The van der Waals surface area contributed by atoms with Crippen LogP contribution in [0.4, 0.5) is 0 Å². The summed E-state index contributed by atoms with van der Waals surface area (Å²) in [6, 6.07) is 17.0. The molecule has 4 nitrogen and oxygen atoms in total. The van der Waals surface area contributed by atoms with Crippen LogP contribution in [-0.4, -0.2) is 25.7 Å². The fourth-order valence-electron chi connectivity index (χ4n) is 6.36. The van der Waals surface area contributed by atoms with E-state index in [1.807, 2.05) is 6.92 Å². The molecule has 6 rings (SSSR count). The predicted molar refractivity (Wildman–Crippen MR) is 108 cm³/mol. The van der Waals surface area contributed by atoms with E-state index >= 15 is 0 Å². The molecule has 3 unspecified atom stereocenters. The van der Waals surface area contributed by atoms with Crippen LogP contribution < -0.4 is 0 Å². The third-order valence-electron chi connectivity index (χ3n) is 7.32. The third kappa shape index (κ3) is 2.14. The minimum atomic E-state index is -3.47. The Hall–Kier alpha value is -1.74. The van der Waals surface area contributed by atoms with Crippen molar-refractivity contribution in [1.82, 2.24) is 0 Å². The van der Waals surface area contributed by atoms with E-state index in [1.165, 1.54) is 36.5 Å². The van der Waals surface area contributed by atoms with Crippen molar-refractivity contribution in [3.8, 4) is 0 Å². The van der Waals surface area contributed by atoms with Crippen molar-refractivity contribution in [2.45, 2.75) is 37.3 Å². The van der Waals surface area contributed by atoms with E-state index in [0.29, 0.717) is 0 Å². The summed E-state index contributed by atoms with van der Waals surface area (Å²) < 4.78 is 23.8. The summed E-state index contributed by atoms with van der Waals surface area (Å²) in [4.78, 5) is 13.9.